The number of carbonyl (C=O) groups is 2. The Balaban J connectivity index is 1.84. The second kappa shape index (κ2) is 8.31. The summed E-state index contributed by atoms with van der Waals surface area (Å²) in [6.07, 6.45) is 1.73. The smallest absolute Gasteiger partial charge is 0.344 e. The number of hydrogen-bond donors (Lipinski definition) is 0. The maximum Gasteiger partial charge on any atom is 0.344 e. The van der Waals surface area contributed by atoms with Crippen molar-refractivity contribution in [3.63, 3.8) is 0 Å². The fourth-order valence-corrected chi connectivity index (χ4v) is 2.65. The van der Waals surface area contributed by atoms with Gasteiger partial charge >= 0.3 is 5.97 Å². The van der Waals surface area contributed by atoms with E-state index < -0.39 is 5.97 Å². The third-order valence-electron chi connectivity index (χ3n) is 3.93. The van der Waals surface area contributed by atoms with Crippen molar-refractivity contribution in [1.82, 2.24) is 0 Å². The lowest BCUT2D eigenvalue weighted by molar-refractivity contribution is -0.145. The monoisotopic (exact) mass is 364 g/mol. The summed E-state index contributed by atoms with van der Waals surface area (Å²) in [5, 5.41) is 5.74. The van der Waals surface area contributed by atoms with Gasteiger partial charge in [-0.15, -0.1) is 0 Å². The fraction of sp³-hybridized carbons (Fsp3) is 0.190. The van der Waals surface area contributed by atoms with Crippen LogP contribution in [0.1, 0.15) is 19.4 Å². The Labute approximate surface area is 157 Å². The van der Waals surface area contributed by atoms with Crippen LogP contribution in [0.15, 0.2) is 65.3 Å². The Bertz CT molecular complexity index is 903. The van der Waals surface area contributed by atoms with Crippen LogP contribution in [0.2, 0.25) is 0 Å². The summed E-state index contributed by atoms with van der Waals surface area (Å²) in [6, 6.07) is 16.4. The highest BCUT2D eigenvalue weighted by molar-refractivity contribution is 6.32. The zero-order chi connectivity index (χ0) is 19.2. The number of carbonyl (C=O) groups excluding carboxylic acids is 2. The molecule has 1 aliphatic heterocycles. The van der Waals surface area contributed by atoms with Gasteiger partial charge in [0.2, 0.25) is 0 Å². The Morgan fingerprint density at radius 2 is 1.81 bits per heavy atom. The number of ether oxygens (including phenoxy) is 2. The summed E-state index contributed by atoms with van der Waals surface area (Å²) in [5.41, 5.74) is 2.49. The molecule has 0 saturated carbocycles. The maximum absolute atomic E-state index is 12.8. The van der Waals surface area contributed by atoms with Crippen molar-refractivity contribution in [3.05, 3.63) is 65.7 Å². The predicted molar refractivity (Wildman–Crippen MR) is 104 cm³/mol. The van der Waals surface area contributed by atoms with Gasteiger partial charge in [0.15, 0.2) is 6.61 Å². The van der Waals surface area contributed by atoms with E-state index in [1.54, 1.807) is 32.1 Å². The van der Waals surface area contributed by atoms with Crippen molar-refractivity contribution in [2.75, 3.05) is 18.2 Å². The first-order valence-corrected chi connectivity index (χ1v) is 8.64. The molecule has 2 aromatic carbocycles. The number of nitrogens with zero attached hydrogens (tertiary/aromatic N) is 2. The van der Waals surface area contributed by atoms with Crippen LogP contribution < -0.4 is 9.75 Å². The number of anilines is 1. The minimum Gasteiger partial charge on any atom is -0.481 e. The van der Waals surface area contributed by atoms with Gasteiger partial charge in [0.1, 0.15) is 5.75 Å². The highest BCUT2D eigenvalue weighted by atomic mass is 16.6. The summed E-state index contributed by atoms with van der Waals surface area (Å²) in [7, 11) is 0. The summed E-state index contributed by atoms with van der Waals surface area (Å²) in [5.74, 6) is -0.152. The van der Waals surface area contributed by atoms with Crippen molar-refractivity contribution in [3.8, 4) is 5.75 Å². The van der Waals surface area contributed by atoms with Crippen LogP contribution in [0.4, 0.5) is 5.69 Å². The second-order valence-corrected chi connectivity index (χ2v) is 5.83. The Hall–Kier alpha value is -3.41. The highest BCUT2D eigenvalue weighted by Crippen LogP contribution is 2.27. The minimum absolute atomic E-state index is 0.189. The van der Waals surface area contributed by atoms with Gasteiger partial charge in [0.05, 0.1) is 23.6 Å². The molecule has 6 heteroatoms. The molecule has 0 aliphatic carbocycles. The average molecular weight is 364 g/mol. The fourth-order valence-electron chi connectivity index (χ4n) is 2.65. The molecule has 0 spiro atoms. The topological polar surface area (TPSA) is 68.2 Å². The van der Waals surface area contributed by atoms with Crippen LogP contribution in [0.5, 0.6) is 5.75 Å². The van der Waals surface area contributed by atoms with E-state index in [0.717, 1.165) is 0 Å². The number of para-hydroxylation sites is 2. The molecule has 1 aliphatic rings. The highest BCUT2D eigenvalue weighted by Gasteiger charge is 2.28. The third kappa shape index (κ3) is 4.23. The van der Waals surface area contributed by atoms with E-state index in [0.29, 0.717) is 34.9 Å². The van der Waals surface area contributed by atoms with E-state index in [4.69, 9.17) is 9.47 Å². The first kappa shape index (κ1) is 18.4. The zero-order valence-corrected chi connectivity index (χ0v) is 15.2. The molecule has 3 rings (SSSR count). The van der Waals surface area contributed by atoms with Gasteiger partial charge < -0.3 is 9.47 Å². The lowest BCUT2D eigenvalue weighted by Gasteiger charge is -2.11. The zero-order valence-electron chi connectivity index (χ0n) is 15.2. The van der Waals surface area contributed by atoms with Crippen LogP contribution in [0.25, 0.3) is 6.08 Å². The molecule has 2 aromatic rings. The van der Waals surface area contributed by atoms with Gasteiger partial charge in [-0.1, -0.05) is 36.4 Å². The first-order valence-electron chi connectivity index (χ1n) is 8.64. The van der Waals surface area contributed by atoms with Crippen LogP contribution in [0.3, 0.4) is 0 Å². The van der Waals surface area contributed by atoms with E-state index in [2.05, 4.69) is 5.10 Å². The van der Waals surface area contributed by atoms with E-state index in [1.165, 1.54) is 5.01 Å². The van der Waals surface area contributed by atoms with E-state index in [-0.39, 0.29) is 12.5 Å². The average Bonchev–Trinajstić information content (AvgIpc) is 2.96. The third-order valence-corrected chi connectivity index (χ3v) is 3.93. The molecule has 0 radical (unpaired) electrons. The van der Waals surface area contributed by atoms with Crippen molar-refractivity contribution >= 4 is 29.4 Å². The number of hydrazone groups is 1. The molecule has 6 nitrogen and oxygen atoms in total. The summed E-state index contributed by atoms with van der Waals surface area (Å²) >= 11 is 0. The van der Waals surface area contributed by atoms with Crippen LogP contribution in [0, 0.1) is 0 Å². The molecule has 0 fully saturated rings. The van der Waals surface area contributed by atoms with Crippen LogP contribution >= 0.6 is 0 Å². The number of hydrogen-bond acceptors (Lipinski definition) is 5. The Morgan fingerprint density at radius 3 is 2.56 bits per heavy atom. The molecule has 1 amide bonds. The number of rotatable bonds is 6. The summed E-state index contributed by atoms with van der Waals surface area (Å²) in [6.45, 7) is 3.63. The molecule has 0 aromatic heterocycles. The number of amides is 1. The molecule has 0 unspecified atom stereocenters. The first-order chi connectivity index (χ1) is 13.1. The van der Waals surface area contributed by atoms with E-state index in [9.17, 15) is 9.59 Å². The lowest BCUT2D eigenvalue weighted by Crippen LogP contribution is -2.21. The molecule has 0 N–H and O–H groups in total. The van der Waals surface area contributed by atoms with Gasteiger partial charge in [-0.25, -0.2) is 4.79 Å². The second-order valence-electron chi connectivity index (χ2n) is 5.83. The number of esters is 1. The van der Waals surface area contributed by atoms with Gasteiger partial charge in [-0.3, -0.25) is 4.79 Å². The van der Waals surface area contributed by atoms with Gasteiger partial charge in [-0.2, -0.15) is 10.1 Å². The van der Waals surface area contributed by atoms with Crippen molar-refractivity contribution in [2.24, 2.45) is 5.10 Å². The molecule has 0 atom stereocenters. The lowest BCUT2D eigenvalue weighted by atomic mass is 10.1. The molecule has 138 valence electrons. The van der Waals surface area contributed by atoms with Gasteiger partial charge in [0.25, 0.3) is 5.91 Å². The van der Waals surface area contributed by atoms with E-state index >= 15 is 0 Å². The van der Waals surface area contributed by atoms with Gasteiger partial charge in [0, 0.05) is 5.56 Å². The predicted octanol–water partition coefficient (Wildman–Crippen LogP) is 3.43. The Morgan fingerprint density at radius 1 is 1.11 bits per heavy atom. The number of benzene rings is 2. The molecule has 27 heavy (non-hydrogen) atoms. The molecule has 0 saturated heterocycles. The quantitative estimate of drug-likeness (QED) is 0.582. The molecular formula is C21H20N2O4. The van der Waals surface area contributed by atoms with Crippen molar-refractivity contribution in [2.45, 2.75) is 13.8 Å². The molecule has 1 heterocycles. The normalized spacial score (nSPS) is 15.0. The van der Waals surface area contributed by atoms with Crippen LogP contribution in [-0.4, -0.2) is 30.8 Å². The Kier molecular flexibility index (Phi) is 5.66. The summed E-state index contributed by atoms with van der Waals surface area (Å²) < 4.78 is 10.4. The minimum atomic E-state index is -0.440. The van der Waals surface area contributed by atoms with Crippen LogP contribution in [-0.2, 0) is 14.3 Å². The van der Waals surface area contributed by atoms with Crippen molar-refractivity contribution < 1.29 is 19.1 Å². The largest absolute Gasteiger partial charge is 0.481 e. The van der Waals surface area contributed by atoms with E-state index in [1.807, 2.05) is 42.5 Å². The van der Waals surface area contributed by atoms with Crippen molar-refractivity contribution in [1.29, 1.82) is 0 Å². The van der Waals surface area contributed by atoms with Gasteiger partial charge in [-0.05, 0) is 38.1 Å². The standard InChI is InChI=1S/C21H20N2O4/c1-3-26-20(24)14-27-19-12-8-7-9-16(19)13-18-15(2)22-23(21(18)25)17-10-5-4-6-11-17/h4-13H,3,14H2,1-2H3/b18-13+. The SMILES string of the molecule is CCOC(=O)COc1ccccc1/C=C1/C(=O)N(c2ccccc2)N=C1C. The summed E-state index contributed by atoms with van der Waals surface area (Å²) in [4.78, 5) is 24.3. The molecular weight excluding hydrogens is 344 g/mol. The maximum atomic E-state index is 12.8. The molecule has 0 bridgehead atoms.